The van der Waals surface area contributed by atoms with Crippen LogP contribution in [0.3, 0.4) is 0 Å². The Kier molecular flexibility index (Phi) is 7.66. The van der Waals surface area contributed by atoms with E-state index in [1.54, 1.807) is 15.8 Å². The zero-order valence-electron chi connectivity index (χ0n) is 24.9. The van der Waals surface area contributed by atoms with E-state index in [-0.39, 0.29) is 31.5 Å². The minimum absolute atomic E-state index is 0.0336. The minimum atomic E-state index is -0.540. The summed E-state index contributed by atoms with van der Waals surface area (Å²) in [7, 11) is 1.82. The molecular weight excluding hydrogens is 612 g/mol. The van der Waals surface area contributed by atoms with Crippen molar-refractivity contribution in [2.45, 2.75) is 25.3 Å². The molecule has 4 N–H and O–H groups in total. The summed E-state index contributed by atoms with van der Waals surface area (Å²) < 4.78 is 3.04. The number of halogens is 1. The number of hydrogen-bond acceptors (Lipinski definition) is 10. The summed E-state index contributed by atoms with van der Waals surface area (Å²) in [6.45, 7) is 1.67. The van der Waals surface area contributed by atoms with Gasteiger partial charge < -0.3 is 25.5 Å². The molecule has 0 atom stereocenters. The van der Waals surface area contributed by atoms with Crippen molar-refractivity contribution in [1.29, 1.82) is 0 Å². The molecule has 1 fully saturated rings. The van der Waals surface area contributed by atoms with E-state index in [0.29, 0.717) is 22.6 Å². The van der Waals surface area contributed by atoms with Crippen LogP contribution in [0.4, 0.5) is 28.8 Å². The molecule has 0 unspecified atom stereocenters. The predicted molar refractivity (Wildman–Crippen MR) is 176 cm³/mol. The second-order valence-corrected chi connectivity index (χ2v) is 11.8. The van der Waals surface area contributed by atoms with Gasteiger partial charge in [0.2, 0.25) is 11.9 Å². The van der Waals surface area contributed by atoms with Crippen LogP contribution in [0, 0.1) is 0 Å². The summed E-state index contributed by atoms with van der Waals surface area (Å²) in [4.78, 5) is 51.4. The van der Waals surface area contributed by atoms with Gasteiger partial charge in [-0.1, -0.05) is 11.6 Å². The van der Waals surface area contributed by atoms with Crippen LogP contribution in [0.5, 0.6) is 0 Å². The van der Waals surface area contributed by atoms with E-state index in [0.717, 1.165) is 59.5 Å². The number of aliphatic hydroxyl groups is 1. The van der Waals surface area contributed by atoms with Gasteiger partial charge in [0.1, 0.15) is 5.02 Å². The number of aromatic nitrogens is 6. The van der Waals surface area contributed by atoms with Crippen LogP contribution in [-0.2, 0) is 18.3 Å². The van der Waals surface area contributed by atoms with Crippen LogP contribution in [0.1, 0.15) is 18.4 Å². The number of aliphatic hydroxyl groups excluding tert-OH is 1. The molecular formula is C31H31ClN10O4. The highest BCUT2D eigenvalue weighted by molar-refractivity contribution is 6.32. The summed E-state index contributed by atoms with van der Waals surface area (Å²) >= 11 is 6.46. The molecule has 15 heteroatoms. The van der Waals surface area contributed by atoms with E-state index < -0.39 is 11.2 Å². The first-order chi connectivity index (χ1) is 22.3. The van der Waals surface area contributed by atoms with Crippen molar-refractivity contribution in [1.82, 2.24) is 29.3 Å². The number of H-pyrrole nitrogens is 1. The van der Waals surface area contributed by atoms with Crippen LogP contribution < -0.4 is 31.7 Å². The molecule has 7 rings (SSSR count). The fourth-order valence-corrected chi connectivity index (χ4v) is 6.23. The quantitative estimate of drug-likeness (QED) is 0.198. The normalized spacial score (nSPS) is 15.1. The molecule has 0 saturated carbocycles. The second kappa shape index (κ2) is 11.9. The lowest BCUT2D eigenvalue weighted by Crippen LogP contribution is -2.40. The molecule has 46 heavy (non-hydrogen) atoms. The fraction of sp³-hybridized carbons (Fsp3) is 0.290. The monoisotopic (exact) mass is 642 g/mol. The van der Waals surface area contributed by atoms with Crippen molar-refractivity contribution in [2.75, 3.05) is 46.7 Å². The number of aryl methyl sites for hydroxylation is 1. The molecule has 236 valence electrons. The number of carbonyl (C=O) groups is 1. The fourth-order valence-electron chi connectivity index (χ4n) is 6.09. The topological polar surface area (TPSA) is 166 Å². The van der Waals surface area contributed by atoms with E-state index in [9.17, 15) is 19.5 Å². The number of benzene rings is 2. The maximum atomic E-state index is 12.3. The average molecular weight is 643 g/mol. The van der Waals surface area contributed by atoms with E-state index in [1.165, 1.54) is 16.8 Å². The Labute approximate surface area is 267 Å². The van der Waals surface area contributed by atoms with Crippen molar-refractivity contribution < 1.29 is 9.90 Å². The number of piperidine rings is 1. The van der Waals surface area contributed by atoms with E-state index in [2.05, 4.69) is 30.6 Å². The molecule has 1 saturated heterocycles. The maximum absolute atomic E-state index is 12.3. The molecule has 2 aliphatic rings. The maximum Gasteiger partial charge on any atom is 0.334 e. The van der Waals surface area contributed by atoms with E-state index in [1.807, 2.05) is 43.4 Å². The summed E-state index contributed by atoms with van der Waals surface area (Å²) in [5, 5.41) is 21.9. The highest BCUT2D eigenvalue weighted by Crippen LogP contribution is 2.33. The van der Waals surface area contributed by atoms with Crippen molar-refractivity contribution >= 4 is 57.2 Å². The second-order valence-electron chi connectivity index (χ2n) is 11.3. The van der Waals surface area contributed by atoms with Crippen molar-refractivity contribution in [3.63, 3.8) is 0 Å². The Balaban J connectivity index is 1.01. The summed E-state index contributed by atoms with van der Waals surface area (Å²) in [6.07, 6.45) is 5.02. The SMILES string of the molecule is Cn1nc(-n2ccc(=O)[nH]c2=O)c2ccc(NC3CCN(c4ncc(Cl)c(Nc5ccc6c(c5)CC(=O)N6CCO)n4)CC3)cc21. The Morgan fingerprint density at radius 2 is 1.87 bits per heavy atom. The Morgan fingerprint density at radius 1 is 1.07 bits per heavy atom. The number of nitrogens with one attached hydrogen (secondary N) is 3. The molecule has 0 aliphatic carbocycles. The number of hydrogen-bond donors (Lipinski definition) is 4. The van der Waals surface area contributed by atoms with Gasteiger partial charge in [-0.05, 0) is 54.8 Å². The van der Waals surface area contributed by atoms with Gasteiger partial charge in [0.15, 0.2) is 11.6 Å². The van der Waals surface area contributed by atoms with E-state index in [4.69, 9.17) is 16.6 Å². The molecule has 1 amide bonds. The van der Waals surface area contributed by atoms with Crippen LogP contribution >= 0.6 is 11.6 Å². The average Bonchev–Trinajstić information content (AvgIpc) is 3.53. The minimum Gasteiger partial charge on any atom is -0.395 e. The van der Waals surface area contributed by atoms with Gasteiger partial charge in [-0.25, -0.2) is 9.78 Å². The highest BCUT2D eigenvalue weighted by atomic mass is 35.5. The van der Waals surface area contributed by atoms with Gasteiger partial charge in [-0.2, -0.15) is 10.1 Å². The van der Waals surface area contributed by atoms with Crippen molar-refractivity contribution in [3.8, 4) is 5.82 Å². The first-order valence-corrected chi connectivity index (χ1v) is 15.3. The number of anilines is 5. The van der Waals surface area contributed by atoms with Crippen LogP contribution in [0.15, 0.2) is 64.4 Å². The smallest absolute Gasteiger partial charge is 0.334 e. The number of amides is 1. The first kappa shape index (κ1) is 29.5. The lowest BCUT2D eigenvalue weighted by molar-refractivity contribution is -0.117. The third kappa shape index (κ3) is 5.56. The largest absolute Gasteiger partial charge is 0.395 e. The predicted octanol–water partition coefficient (Wildman–Crippen LogP) is 2.56. The third-order valence-corrected chi connectivity index (χ3v) is 8.64. The zero-order chi connectivity index (χ0) is 31.9. The van der Waals surface area contributed by atoms with E-state index >= 15 is 0 Å². The lowest BCUT2D eigenvalue weighted by Gasteiger charge is -2.33. The Bertz CT molecular complexity index is 2080. The summed E-state index contributed by atoms with van der Waals surface area (Å²) in [6, 6.07) is 13.1. The van der Waals surface area contributed by atoms with Gasteiger partial charge in [-0.15, -0.1) is 0 Å². The number of nitrogens with zero attached hydrogens (tertiary/aromatic N) is 7. The Morgan fingerprint density at radius 3 is 2.65 bits per heavy atom. The molecule has 2 aliphatic heterocycles. The molecule has 0 spiro atoms. The lowest BCUT2D eigenvalue weighted by atomic mass is 10.0. The number of carbonyl (C=O) groups excluding carboxylic acids is 1. The highest BCUT2D eigenvalue weighted by Gasteiger charge is 2.27. The molecule has 0 bridgehead atoms. The molecule has 0 radical (unpaired) electrons. The third-order valence-electron chi connectivity index (χ3n) is 8.36. The number of β-amino-alcohol motifs (C(OH)–C–C–N with tert-alkyl or cyclic N) is 1. The standard InChI is InChI=1S/C31H31ClN10O4/c1-39-25-16-21(2-4-22(25)29(38-39)42-11-8-26(44)36-31(42)46)34-19-6-9-40(10-7-19)30-33-17-23(32)28(37-30)35-20-3-5-24-18(14-20)15-27(45)41(24)12-13-43/h2-5,8,11,14,16-17,19,34,43H,6-7,9-10,12-13,15H2,1H3,(H,33,35,37)(H,36,44,46). The zero-order valence-corrected chi connectivity index (χ0v) is 25.7. The van der Waals surface area contributed by atoms with Gasteiger partial charge in [0.25, 0.3) is 5.56 Å². The van der Waals surface area contributed by atoms with Gasteiger partial charge >= 0.3 is 5.69 Å². The van der Waals surface area contributed by atoms with Gasteiger partial charge in [-0.3, -0.25) is 23.8 Å². The first-order valence-electron chi connectivity index (χ1n) is 14.9. The van der Waals surface area contributed by atoms with Crippen LogP contribution in [-0.4, -0.2) is 72.6 Å². The van der Waals surface area contributed by atoms with Crippen molar-refractivity contribution in [3.05, 3.63) is 86.3 Å². The van der Waals surface area contributed by atoms with Crippen LogP contribution in [0.25, 0.3) is 16.7 Å². The number of fused-ring (bicyclic) bond motifs is 2. The molecule has 14 nitrogen and oxygen atoms in total. The molecule has 2 aromatic carbocycles. The Hall–Kier alpha value is -5.21. The summed E-state index contributed by atoms with van der Waals surface area (Å²) in [5.41, 5.74) is 3.25. The van der Waals surface area contributed by atoms with Crippen LogP contribution in [0.2, 0.25) is 5.02 Å². The molecule has 5 aromatic rings. The number of aromatic amines is 1. The molecule has 3 aromatic heterocycles. The van der Waals surface area contributed by atoms with Gasteiger partial charge in [0, 0.05) is 67.4 Å². The van der Waals surface area contributed by atoms with Crippen molar-refractivity contribution in [2.24, 2.45) is 7.05 Å². The number of rotatable bonds is 8. The molecule has 5 heterocycles. The van der Waals surface area contributed by atoms with Gasteiger partial charge in [0.05, 0.1) is 24.7 Å². The summed E-state index contributed by atoms with van der Waals surface area (Å²) in [5.74, 6) is 1.48.